The molecule has 2 aliphatic rings. The summed E-state index contributed by atoms with van der Waals surface area (Å²) >= 11 is 3.58. The third-order valence-corrected chi connectivity index (χ3v) is 5.03. The minimum Gasteiger partial charge on any atom is -0.372 e. The minimum atomic E-state index is 0.477. The van der Waals surface area contributed by atoms with Crippen molar-refractivity contribution in [1.82, 2.24) is 19.7 Å². The molecule has 0 radical (unpaired) electrons. The fraction of sp³-hybridized carbons (Fsp3) is 0.500. The SMILES string of the molecule is Brc1cccc([C@H]2CCCN2Cc2nnc3n2CCOC3)c1. The van der Waals surface area contributed by atoms with E-state index in [1.807, 2.05) is 0 Å². The first-order chi connectivity index (χ1) is 10.8. The fourth-order valence-corrected chi connectivity index (χ4v) is 3.88. The van der Waals surface area contributed by atoms with Crippen molar-refractivity contribution in [3.63, 3.8) is 0 Å². The molecule has 1 atom stereocenters. The maximum absolute atomic E-state index is 5.44. The smallest absolute Gasteiger partial charge is 0.159 e. The molecular formula is C16H19BrN4O. The molecule has 1 aromatic heterocycles. The molecular weight excluding hydrogens is 344 g/mol. The summed E-state index contributed by atoms with van der Waals surface area (Å²) in [6, 6.07) is 9.13. The van der Waals surface area contributed by atoms with Crippen LogP contribution in [0, 0.1) is 0 Å². The topological polar surface area (TPSA) is 43.2 Å². The Morgan fingerprint density at radius 3 is 3.14 bits per heavy atom. The number of rotatable bonds is 3. The number of halogens is 1. The second kappa shape index (κ2) is 6.10. The summed E-state index contributed by atoms with van der Waals surface area (Å²) in [4.78, 5) is 2.52. The summed E-state index contributed by atoms with van der Waals surface area (Å²) in [5, 5.41) is 8.65. The molecule has 22 heavy (non-hydrogen) atoms. The Morgan fingerprint density at radius 2 is 2.23 bits per heavy atom. The molecule has 1 saturated heterocycles. The molecule has 1 fully saturated rings. The zero-order valence-electron chi connectivity index (χ0n) is 12.4. The van der Waals surface area contributed by atoms with E-state index in [0.717, 1.165) is 42.4 Å². The highest BCUT2D eigenvalue weighted by Gasteiger charge is 2.28. The van der Waals surface area contributed by atoms with Crippen LogP contribution < -0.4 is 0 Å². The predicted octanol–water partition coefficient (Wildman–Crippen LogP) is 2.91. The summed E-state index contributed by atoms with van der Waals surface area (Å²) in [6.45, 7) is 4.20. The molecule has 4 rings (SSSR count). The highest BCUT2D eigenvalue weighted by molar-refractivity contribution is 9.10. The van der Waals surface area contributed by atoms with Gasteiger partial charge in [0.1, 0.15) is 12.4 Å². The van der Waals surface area contributed by atoms with Gasteiger partial charge in [0.2, 0.25) is 0 Å². The summed E-state index contributed by atoms with van der Waals surface area (Å²) in [6.07, 6.45) is 2.45. The van der Waals surface area contributed by atoms with E-state index in [2.05, 4.69) is 59.9 Å². The first-order valence-electron chi connectivity index (χ1n) is 7.79. The number of benzene rings is 1. The van der Waals surface area contributed by atoms with Crippen LogP contribution in [0.1, 0.15) is 36.1 Å². The quantitative estimate of drug-likeness (QED) is 0.841. The van der Waals surface area contributed by atoms with E-state index in [1.165, 1.54) is 18.4 Å². The predicted molar refractivity (Wildman–Crippen MR) is 86.2 cm³/mol. The number of hydrogen-bond donors (Lipinski definition) is 0. The van der Waals surface area contributed by atoms with Crippen molar-refractivity contribution in [3.8, 4) is 0 Å². The van der Waals surface area contributed by atoms with Gasteiger partial charge in [-0.3, -0.25) is 4.90 Å². The van der Waals surface area contributed by atoms with Gasteiger partial charge in [-0.05, 0) is 37.1 Å². The zero-order chi connectivity index (χ0) is 14.9. The number of likely N-dealkylation sites (tertiary alicyclic amines) is 1. The third-order valence-electron chi connectivity index (χ3n) is 4.54. The molecule has 0 amide bonds. The van der Waals surface area contributed by atoms with E-state index in [1.54, 1.807) is 0 Å². The number of hydrogen-bond acceptors (Lipinski definition) is 4. The molecule has 0 spiro atoms. The average Bonchev–Trinajstić information content (AvgIpc) is 3.15. The average molecular weight is 363 g/mol. The number of fused-ring (bicyclic) bond motifs is 1. The lowest BCUT2D eigenvalue weighted by Gasteiger charge is -2.25. The van der Waals surface area contributed by atoms with Crippen LogP contribution in [0.15, 0.2) is 28.7 Å². The Labute approximate surface area is 138 Å². The van der Waals surface area contributed by atoms with Gasteiger partial charge in [-0.1, -0.05) is 28.1 Å². The van der Waals surface area contributed by atoms with Gasteiger partial charge < -0.3 is 9.30 Å². The summed E-state index contributed by atoms with van der Waals surface area (Å²) in [5.41, 5.74) is 1.38. The van der Waals surface area contributed by atoms with Gasteiger partial charge in [0.15, 0.2) is 5.82 Å². The Bertz CT molecular complexity index is 672. The molecule has 0 aliphatic carbocycles. The monoisotopic (exact) mass is 362 g/mol. The van der Waals surface area contributed by atoms with Gasteiger partial charge in [-0.15, -0.1) is 10.2 Å². The largest absolute Gasteiger partial charge is 0.372 e. The fourth-order valence-electron chi connectivity index (χ4n) is 3.46. The van der Waals surface area contributed by atoms with Crippen molar-refractivity contribution in [3.05, 3.63) is 46.0 Å². The number of ether oxygens (including phenoxy) is 1. The summed E-state index contributed by atoms with van der Waals surface area (Å²) in [5.74, 6) is 2.03. The third kappa shape index (κ3) is 2.71. The lowest BCUT2D eigenvalue weighted by Crippen LogP contribution is -2.26. The molecule has 0 bridgehead atoms. The van der Waals surface area contributed by atoms with E-state index < -0.39 is 0 Å². The van der Waals surface area contributed by atoms with E-state index in [0.29, 0.717) is 12.6 Å². The maximum Gasteiger partial charge on any atom is 0.159 e. The van der Waals surface area contributed by atoms with E-state index in [-0.39, 0.29) is 0 Å². The minimum absolute atomic E-state index is 0.477. The molecule has 0 unspecified atom stereocenters. The van der Waals surface area contributed by atoms with Crippen LogP contribution in [0.3, 0.4) is 0 Å². The van der Waals surface area contributed by atoms with Crippen LogP contribution in [-0.4, -0.2) is 32.8 Å². The van der Waals surface area contributed by atoms with Crippen molar-refractivity contribution in [2.45, 2.75) is 38.6 Å². The van der Waals surface area contributed by atoms with Crippen molar-refractivity contribution >= 4 is 15.9 Å². The van der Waals surface area contributed by atoms with Crippen molar-refractivity contribution in [2.24, 2.45) is 0 Å². The van der Waals surface area contributed by atoms with Crippen LogP contribution in [0.2, 0.25) is 0 Å². The van der Waals surface area contributed by atoms with Gasteiger partial charge in [0.25, 0.3) is 0 Å². The van der Waals surface area contributed by atoms with Gasteiger partial charge in [0.05, 0.1) is 13.2 Å². The molecule has 1 aromatic carbocycles. The Balaban J connectivity index is 1.56. The second-order valence-corrected chi connectivity index (χ2v) is 6.84. The Kier molecular flexibility index (Phi) is 3.98. The Morgan fingerprint density at radius 1 is 1.27 bits per heavy atom. The van der Waals surface area contributed by atoms with E-state index in [4.69, 9.17) is 4.74 Å². The lowest BCUT2D eigenvalue weighted by molar-refractivity contribution is 0.0794. The lowest BCUT2D eigenvalue weighted by atomic mass is 10.0. The highest BCUT2D eigenvalue weighted by Crippen LogP contribution is 2.34. The zero-order valence-corrected chi connectivity index (χ0v) is 14.0. The van der Waals surface area contributed by atoms with Crippen molar-refractivity contribution in [1.29, 1.82) is 0 Å². The van der Waals surface area contributed by atoms with E-state index in [9.17, 15) is 0 Å². The molecule has 6 heteroatoms. The molecule has 0 N–H and O–H groups in total. The molecule has 0 saturated carbocycles. The maximum atomic E-state index is 5.44. The van der Waals surface area contributed by atoms with Crippen molar-refractivity contribution in [2.75, 3.05) is 13.2 Å². The van der Waals surface area contributed by atoms with Crippen LogP contribution in [0.5, 0.6) is 0 Å². The van der Waals surface area contributed by atoms with Crippen LogP contribution in [-0.2, 0) is 24.4 Å². The highest BCUT2D eigenvalue weighted by atomic mass is 79.9. The van der Waals surface area contributed by atoms with Crippen LogP contribution in [0.4, 0.5) is 0 Å². The molecule has 5 nitrogen and oxygen atoms in total. The van der Waals surface area contributed by atoms with Crippen molar-refractivity contribution < 1.29 is 4.74 Å². The number of aromatic nitrogens is 3. The standard InChI is InChI=1S/C16H19BrN4O/c17-13-4-1-3-12(9-13)14-5-2-6-20(14)10-15-18-19-16-11-22-8-7-21(15)16/h1,3-4,9,14H,2,5-8,10-11H2/t14-/m1/s1. The number of nitrogens with zero attached hydrogens (tertiary/aromatic N) is 4. The van der Waals surface area contributed by atoms with Gasteiger partial charge in [-0.25, -0.2) is 0 Å². The molecule has 2 aliphatic heterocycles. The first-order valence-corrected chi connectivity index (χ1v) is 8.59. The second-order valence-electron chi connectivity index (χ2n) is 5.92. The van der Waals surface area contributed by atoms with Crippen LogP contribution in [0.25, 0.3) is 0 Å². The molecule has 2 aromatic rings. The Hall–Kier alpha value is -1.24. The molecule has 116 valence electrons. The first kappa shape index (κ1) is 14.4. The van der Waals surface area contributed by atoms with Gasteiger partial charge in [0, 0.05) is 17.1 Å². The molecule has 3 heterocycles. The van der Waals surface area contributed by atoms with Gasteiger partial charge in [-0.2, -0.15) is 0 Å². The van der Waals surface area contributed by atoms with E-state index >= 15 is 0 Å². The summed E-state index contributed by atoms with van der Waals surface area (Å²) in [7, 11) is 0. The van der Waals surface area contributed by atoms with Crippen LogP contribution >= 0.6 is 15.9 Å². The summed E-state index contributed by atoms with van der Waals surface area (Å²) < 4.78 is 8.81. The van der Waals surface area contributed by atoms with Gasteiger partial charge >= 0.3 is 0 Å². The normalized spacial score (nSPS) is 22.0.